The zero-order valence-corrected chi connectivity index (χ0v) is 12.6. The molecule has 1 aliphatic rings. The number of hydrogen-bond donors (Lipinski definition) is 1. The number of carbonyl (C=O) groups is 1. The van der Waals surface area contributed by atoms with Crippen LogP contribution in [0.1, 0.15) is 40.0 Å². The van der Waals surface area contributed by atoms with Crippen molar-refractivity contribution >= 4 is 17.7 Å². The Kier molecular flexibility index (Phi) is 3.92. The van der Waals surface area contributed by atoms with Crippen molar-refractivity contribution in [1.82, 2.24) is 9.97 Å². The summed E-state index contributed by atoms with van der Waals surface area (Å²) in [7, 11) is 0. The fourth-order valence-corrected chi connectivity index (χ4v) is 3.56. The van der Waals surface area contributed by atoms with Crippen LogP contribution in [0.4, 0.5) is 0 Å². The van der Waals surface area contributed by atoms with Crippen molar-refractivity contribution in [3.8, 4) is 0 Å². The largest absolute Gasteiger partial charge is 0.478 e. The molecule has 0 atom stereocenters. The zero-order chi connectivity index (χ0) is 14.8. The summed E-state index contributed by atoms with van der Waals surface area (Å²) in [6.07, 6.45) is 5.98. The van der Waals surface area contributed by atoms with Gasteiger partial charge in [0.05, 0.1) is 5.56 Å². The maximum atomic E-state index is 11.2. The molecule has 1 N–H and O–H groups in total. The first-order chi connectivity index (χ1) is 10.1. The van der Waals surface area contributed by atoms with Gasteiger partial charge in [-0.3, -0.25) is 0 Å². The van der Waals surface area contributed by atoms with Gasteiger partial charge < -0.3 is 5.11 Å². The molecule has 0 radical (unpaired) electrons. The number of rotatable bonds is 3. The molecule has 0 saturated carbocycles. The lowest BCUT2D eigenvalue weighted by molar-refractivity contribution is 0.0696. The molecule has 0 unspecified atom stereocenters. The highest BCUT2D eigenvalue weighted by Gasteiger charge is 2.17. The molecule has 0 fully saturated rings. The van der Waals surface area contributed by atoms with Crippen LogP contribution in [0.3, 0.4) is 0 Å². The smallest absolute Gasteiger partial charge is 0.335 e. The Morgan fingerprint density at radius 2 is 2.05 bits per heavy atom. The van der Waals surface area contributed by atoms with E-state index in [1.807, 2.05) is 19.1 Å². The van der Waals surface area contributed by atoms with E-state index >= 15 is 0 Å². The second kappa shape index (κ2) is 5.85. The maximum absolute atomic E-state index is 11.2. The number of carboxylic acid groups (broad SMARTS) is 1. The van der Waals surface area contributed by atoms with Crippen molar-refractivity contribution in [3.05, 3.63) is 46.9 Å². The van der Waals surface area contributed by atoms with Crippen LogP contribution >= 0.6 is 11.8 Å². The molecule has 1 aromatic carbocycles. The van der Waals surface area contributed by atoms with Crippen LogP contribution in [0.2, 0.25) is 0 Å². The summed E-state index contributed by atoms with van der Waals surface area (Å²) in [5.74, 6) is -0.889. The van der Waals surface area contributed by atoms with Crippen molar-refractivity contribution in [2.24, 2.45) is 0 Å². The first-order valence-corrected chi connectivity index (χ1v) is 7.81. The standard InChI is InChI=1S/C16H16N2O2S/c1-10-6-7-11(8-13(10)16(19)20)21-15-12-4-2-3-5-14(12)17-9-18-15/h6-9H,2-5H2,1H3,(H,19,20). The van der Waals surface area contributed by atoms with E-state index in [1.54, 1.807) is 12.4 Å². The highest BCUT2D eigenvalue weighted by molar-refractivity contribution is 7.99. The van der Waals surface area contributed by atoms with Crippen molar-refractivity contribution < 1.29 is 9.90 Å². The molecule has 108 valence electrons. The Labute approximate surface area is 127 Å². The second-order valence-corrected chi connectivity index (χ2v) is 6.26. The first-order valence-electron chi connectivity index (χ1n) is 6.99. The third-order valence-corrected chi connectivity index (χ3v) is 4.77. The maximum Gasteiger partial charge on any atom is 0.335 e. The number of nitrogens with zero attached hydrogens (tertiary/aromatic N) is 2. The number of aromatic nitrogens is 2. The molecule has 3 rings (SSSR count). The van der Waals surface area contributed by atoms with Crippen LogP contribution in [-0.4, -0.2) is 21.0 Å². The molecular formula is C16H16N2O2S. The summed E-state index contributed by atoms with van der Waals surface area (Å²) in [5.41, 5.74) is 3.50. The first kappa shape index (κ1) is 14.1. The van der Waals surface area contributed by atoms with Crippen LogP contribution in [0.15, 0.2) is 34.4 Å². The molecular weight excluding hydrogens is 284 g/mol. The van der Waals surface area contributed by atoms with Crippen LogP contribution < -0.4 is 0 Å². The zero-order valence-electron chi connectivity index (χ0n) is 11.8. The van der Waals surface area contributed by atoms with Crippen molar-refractivity contribution in [3.63, 3.8) is 0 Å². The summed E-state index contributed by atoms with van der Waals surface area (Å²) in [5, 5.41) is 10.2. The van der Waals surface area contributed by atoms with Gasteiger partial charge in [0, 0.05) is 16.2 Å². The Morgan fingerprint density at radius 3 is 2.86 bits per heavy atom. The summed E-state index contributed by atoms with van der Waals surface area (Å²) in [6.45, 7) is 1.81. The number of carboxylic acids is 1. The van der Waals surface area contributed by atoms with Crippen LogP contribution in [0, 0.1) is 6.92 Å². The molecule has 0 spiro atoms. The number of benzene rings is 1. The number of aromatic carboxylic acids is 1. The van der Waals surface area contributed by atoms with Crippen LogP contribution in [-0.2, 0) is 12.8 Å². The summed E-state index contributed by atoms with van der Waals surface area (Å²) in [6, 6.07) is 5.52. The number of fused-ring (bicyclic) bond motifs is 1. The quantitative estimate of drug-likeness (QED) is 0.879. The van der Waals surface area contributed by atoms with E-state index in [-0.39, 0.29) is 0 Å². The molecule has 1 heterocycles. The van der Waals surface area contributed by atoms with E-state index in [9.17, 15) is 9.90 Å². The van der Waals surface area contributed by atoms with Crippen molar-refractivity contribution in [2.45, 2.75) is 42.5 Å². The minimum absolute atomic E-state index is 0.350. The highest BCUT2D eigenvalue weighted by atomic mass is 32.2. The van der Waals surface area contributed by atoms with E-state index in [1.165, 1.54) is 30.2 Å². The molecule has 1 aromatic heterocycles. The van der Waals surface area contributed by atoms with Gasteiger partial charge in [0.25, 0.3) is 0 Å². The van der Waals surface area contributed by atoms with Crippen molar-refractivity contribution in [1.29, 1.82) is 0 Å². The molecule has 0 bridgehead atoms. The van der Waals surface area contributed by atoms with Gasteiger partial charge in [-0.15, -0.1) is 0 Å². The van der Waals surface area contributed by atoms with E-state index in [0.717, 1.165) is 34.0 Å². The van der Waals surface area contributed by atoms with Gasteiger partial charge in [0.2, 0.25) is 0 Å². The van der Waals surface area contributed by atoms with Gasteiger partial charge in [-0.25, -0.2) is 14.8 Å². The van der Waals surface area contributed by atoms with E-state index in [0.29, 0.717) is 5.56 Å². The Bertz CT molecular complexity index is 701. The second-order valence-electron chi connectivity index (χ2n) is 5.20. The molecule has 0 amide bonds. The summed E-state index contributed by atoms with van der Waals surface area (Å²) in [4.78, 5) is 20.9. The lowest BCUT2D eigenvalue weighted by atomic mass is 9.98. The van der Waals surface area contributed by atoms with Gasteiger partial charge >= 0.3 is 5.97 Å². The molecule has 0 saturated heterocycles. The van der Waals surface area contributed by atoms with Gasteiger partial charge in [-0.05, 0) is 50.3 Å². The minimum atomic E-state index is -0.889. The van der Waals surface area contributed by atoms with Gasteiger partial charge in [-0.2, -0.15) is 0 Å². The predicted molar refractivity (Wildman–Crippen MR) is 80.9 cm³/mol. The topological polar surface area (TPSA) is 63.1 Å². The average molecular weight is 300 g/mol. The molecule has 2 aromatic rings. The molecule has 4 nitrogen and oxygen atoms in total. The minimum Gasteiger partial charge on any atom is -0.478 e. The Balaban J connectivity index is 1.94. The van der Waals surface area contributed by atoms with E-state index in [4.69, 9.17) is 0 Å². The monoisotopic (exact) mass is 300 g/mol. The summed E-state index contributed by atoms with van der Waals surface area (Å²) < 4.78 is 0. The van der Waals surface area contributed by atoms with Crippen molar-refractivity contribution in [2.75, 3.05) is 0 Å². The van der Waals surface area contributed by atoms with Gasteiger partial charge in [-0.1, -0.05) is 17.8 Å². The Morgan fingerprint density at radius 1 is 1.24 bits per heavy atom. The number of aryl methyl sites for hydroxylation is 2. The van der Waals surface area contributed by atoms with Gasteiger partial charge in [0.1, 0.15) is 11.4 Å². The third-order valence-electron chi connectivity index (χ3n) is 3.74. The van der Waals surface area contributed by atoms with E-state index in [2.05, 4.69) is 9.97 Å². The van der Waals surface area contributed by atoms with Crippen LogP contribution in [0.25, 0.3) is 0 Å². The molecule has 21 heavy (non-hydrogen) atoms. The predicted octanol–water partition coefficient (Wildman–Crippen LogP) is 3.51. The lowest BCUT2D eigenvalue weighted by Crippen LogP contribution is -2.08. The molecule has 1 aliphatic carbocycles. The van der Waals surface area contributed by atoms with Crippen LogP contribution in [0.5, 0.6) is 0 Å². The highest BCUT2D eigenvalue weighted by Crippen LogP contribution is 2.33. The number of hydrogen-bond acceptors (Lipinski definition) is 4. The molecule has 5 heteroatoms. The normalized spacial score (nSPS) is 13.8. The van der Waals surface area contributed by atoms with E-state index < -0.39 is 5.97 Å². The molecule has 0 aliphatic heterocycles. The van der Waals surface area contributed by atoms with Gasteiger partial charge in [0.15, 0.2) is 0 Å². The lowest BCUT2D eigenvalue weighted by Gasteiger charge is -2.16. The SMILES string of the molecule is Cc1ccc(Sc2ncnc3c2CCCC3)cc1C(=O)O. The third kappa shape index (κ3) is 2.93. The Hall–Kier alpha value is -1.88. The fraction of sp³-hybridized carbons (Fsp3) is 0.312. The average Bonchev–Trinajstić information content (AvgIpc) is 2.49. The summed E-state index contributed by atoms with van der Waals surface area (Å²) >= 11 is 1.53. The fourth-order valence-electron chi connectivity index (χ4n) is 2.59.